The molecule has 2 unspecified atom stereocenters. The Bertz CT molecular complexity index is 1230. The number of aliphatic carboxylic acids is 1. The molecule has 1 N–H and O–H groups in total. The highest BCUT2D eigenvalue weighted by atomic mass is 16.6. The smallest absolute Gasteiger partial charge is 0.362 e. The summed E-state index contributed by atoms with van der Waals surface area (Å²) >= 11 is 0. The molecule has 0 amide bonds. The summed E-state index contributed by atoms with van der Waals surface area (Å²) in [4.78, 5) is 37.1. The van der Waals surface area contributed by atoms with Crippen LogP contribution in [-0.4, -0.2) is 80.6 Å². The van der Waals surface area contributed by atoms with Crippen molar-refractivity contribution in [1.29, 1.82) is 0 Å². The highest BCUT2D eigenvalue weighted by Gasteiger charge is 2.31. The maximum absolute atomic E-state index is 12.8. The Morgan fingerprint density at radius 1 is 0.525 bits per heavy atom. The molecule has 0 aliphatic heterocycles. The average Bonchev–Trinajstić information content (AvgIpc) is 3.22. The van der Waals surface area contributed by atoms with Crippen LogP contribution in [0.3, 0.4) is 0 Å². The fraction of sp³-hybridized carbons (Fsp3) is 0.717. The monoisotopic (exact) mass is 855 g/mol. The van der Waals surface area contributed by atoms with E-state index in [1.807, 2.05) is 21.1 Å². The molecule has 0 saturated heterocycles. The fourth-order valence-electron chi connectivity index (χ4n) is 6.84. The van der Waals surface area contributed by atoms with Gasteiger partial charge in [0.05, 0.1) is 34.4 Å². The number of rotatable bonds is 43. The minimum atomic E-state index is -0.882. The molecule has 350 valence electrons. The van der Waals surface area contributed by atoms with Crippen molar-refractivity contribution in [2.24, 2.45) is 0 Å². The van der Waals surface area contributed by atoms with Crippen LogP contribution in [0, 0.1) is 0 Å². The standard InChI is InChI=1S/C53H91NO7/c1-6-8-10-12-14-16-18-20-22-24-26-28-30-32-34-36-38-40-42-44-52(56)61-49(47-59-46-45-50(53(57)58)54(3,4)5)48-60-51(55)43-41-39-37-35-33-31-29-27-25-23-21-19-17-15-13-11-9-7-2/h8,10,14,16,20,22-23,25-29,49-50H,6-7,9,11-13,15,17-19,21,24,30-48H2,1-5H3/p+1/b10-8+,16-14+,22-20+,25-23+,28-26+,29-27+. The Hall–Kier alpha value is -3.23. The molecular weight excluding hydrogens is 763 g/mol. The summed E-state index contributed by atoms with van der Waals surface area (Å²) in [6.07, 6.45) is 55.1. The molecule has 2 atom stereocenters. The maximum atomic E-state index is 12.8. The number of carbonyl (C=O) groups is 3. The average molecular weight is 855 g/mol. The minimum absolute atomic E-state index is 0.0468. The van der Waals surface area contributed by atoms with E-state index >= 15 is 0 Å². The number of hydrogen-bond donors (Lipinski definition) is 1. The van der Waals surface area contributed by atoms with Crippen LogP contribution >= 0.6 is 0 Å². The van der Waals surface area contributed by atoms with Crippen LogP contribution in [0.5, 0.6) is 0 Å². The van der Waals surface area contributed by atoms with Crippen LogP contribution in [0.1, 0.15) is 194 Å². The Kier molecular flexibility index (Phi) is 41.1. The van der Waals surface area contributed by atoms with E-state index in [0.29, 0.717) is 19.3 Å². The predicted octanol–water partition coefficient (Wildman–Crippen LogP) is 13.9. The van der Waals surface area contributed by atoms with E-state index in [2.05, 4.69) is 86.8 Å². The van der Waals surface area contributed by atoms with E-state index in [1.54, 1.807) is 0 Å². The van der Waals surface area contributed by atoms with Crippen LogP contribution in [0.4, 0.5) is 0 Å². The van der Waals surface area contributed by atoms with Crippen LogP contribution in [0.25, 0.3) is 0 Å². The van der Waals surface area contributed by atoms with Crippen molar-refractivity contribution >= 4 is 17.9 Å². The molecule has 0 aliphatic rings. The van der Waals surface area contributed by atoms with Gasteiger partial charge in [0.1, 0.15) is 6.61 Å². The zero-order valence-corrected chi connectivity index (χ0v) is 39.8. The van der Waals surface area contributed by atoms with Gasteiger partial charge in [-0.3, -0.25) is 9.59 Å². The van der Waals surface area contributed by atoms with Gasteiger partial charge in [-0.2, -0.15) is 0 Å². The molecule has 0 spiro atoms. The molecule has 0 radical (unpaired) electrons. The van der Waals surface area contributed by atoms with Crippen molar-refractivity contribution in [3.05, 3.63) is 72.9 Å². The quantitative estimate of drug-likeness (QED) is 0.0214. The summed E-state index contributed by atoms with van der Waals surface area (Å²) < 4.78 is 17.3. The molecule has 0 fully saturated rings. The van der Waals surface area contributed by atoms with Crippen molar-refractivity contribution in [1.82, 2.24) is 0 Å². The molecule has 0 heterocycles. The molecule has 8 nitrogen and oxygen atoms in total. The number of esters is 2. The van der Waals surface area contributed by atoms with Crippen molar-refractivity contribution in [2.75, 3.05) is 41.0 Å². The first kappa shape index (κ1) is 57.8. The Morgan fingerprint density at radius 2 is 0.967 bits per heavy atom. The lowest BCUT2D eigenvalue weighted by Gasteiger charge is -2.31. The summed E-state index contributed by atoms with van der Waals surface area (Å²) in [6, 6.07) is -0.624. The Balaban J connectivity index is 4.35. The van der Waals surface area contributed by atoms with E-state index < -0.39 is 18.1 Å². The van der Waals surface area contributed by atoms with Gasteiger partial charge in [0.15, 0.2) is 12.1 Å². The SMILES string of the molecule is CC/C=C/C/C=C/C/C=C/C/C=C/CCCCCCCCC(=O)OC(COCCC(C(=O)O)[N+](C)(C)C)COC(=O)CCCCCCC/C=C/C=C/CCCCCCCCC. The van der Waals surface area contributed by atoms with Gasteiger partial charge in [-0.1, -0.05) is 170 Å². The highest BCUT2D eigenvalue weighted by Crippen LogP contribution is 2.14. The molecular formula is C53H92NO7+. The number of likely N-dealkylation sites (N-methyl/N-ethyl adjacent to an activating group) is 1. The van der Waals surface area contributed by atoms with E-state index in [9.17, 15) is 19.5 Å². The van der Waals surface area contributed by atoms with Crippen molar-refractivity contribution in [3.63, 3.8) is 0 Å². The molecule has 0 aromatic heterocycles. The number of nitrogens with zero attached hydrogens (tertiary/aromatic N) is 1. The molecule has 0 saturated carbocycles. The maximum Gasteiger partial charge on any atom is 0.362 e. The predicted molar refractivity (Wildman–Crippen MR) is 257 cm³/mol. The van der Waals surface area contributed by atoms with E-state index in [-0.39, 0.29) is 36.2 Å². The first-order chi connectivity index (χ1) is 29.6. The zero-order valence-electron chi connectivity index (χ0n) is 39.8. The Labute approximate surface area is 374 Å². The number of unbranched alkanes of at least 4 members (excludes halogenated alkanes) is 18. The largest absolute Gasteiger partial charge is 0.477 e. The molecule has 0 aromatic rings. The van der Waals surface area contributed by atoms with Gasteiger partial charge in [0, 0.05) is 19.3 Å². The first-order valence-electron chi connectivity index (χ1n) is 24.5. The number of carboxylic acid groups (broad SMARTS) is 1. The van der Waals surface area contributed by atoms with Gasteiger partial charge in [-0.05, 0) is 77.0 Å². The topological polar surface area (TPSA) is 99.1 Å². The molecule has 0 aromatic carbocycles. The lowest BCUT2D eigenvalue weighted by atomic mass is 10.1. The van der Waals surface area contributed by atoms with E-state index in [1.165, 1.54) is 64.2 Å². The van der Waals surface area contributed by atoms with Gasteiger partial charge >= 0.3 is 17.9 Å². The first-order valence-corrected chi connectivity index (χ1v) is 24.5. The summed E-state index contributed by atoms with van der Waals surface area (Å²) in [7, 11) is 5.52. The molecule has 0 aliphatic carbocycles. The number of carbonyl (C=O) groups excluding carboxylic acids is 2. The number of ether oxygens (including phenoxy) is 3. The summed E-state index contributed by atoms with van der Waals surface area (Å²) in [6.45, 7) is 4.59. The number of quaternary nitrogens is 1. The second kappa shape index (κ2) is 43.4. The van der Waals surface area contributed by atoms with Gasteiger partial charge in [-0.25, -0.2) is 4.79 Å². The lowest BCUT2D eigenvalue weighted by Crippen LogP contribution is -2.50. The minimum Gasteiger partial charge on any atom is -0.477 e. The normalized spacial score (nSPS) is 13.5. The molecule has 0 rings (SSSR count). The van der Waals surface area contributed by atoms with Crippen molar-refractivity contribution in [3.8, 4) is 0 Å². The van der Waals surface area contributed by atoms with Crippen LogP contribution in [0.2, 0.25) is 0 Å². The number of carboxylic acids is 1. The summed E-state index contributed by atoms with van der Waals surface area (Å²) in [5, 5.41) is 9.64. The second-order valence-electron chi connectivity index (χ2n) is 17.4. The van der Waals surface area contributed by atoms with E-state index in [0.717, 1.165) is 96.3 Å². The van der Waals surface area contributed by atoms with E-state index in [4.69, 9.17) is 14.2 Å². The molecule has 8 heteroatoms. The zero-order chi connectivity index (χ0) is 44.9. The van der Waals surface area contributed by atoms with Gasteiger partial charge in [0.25, 0.3) is 0 Å². The van der Waals surface area contributed by atoms with Gasteiger partial charge < -0.3 is 23.8 Å². The molecule has 0 bridgehead atoms. The third-order valence-corrected chi connectivity index (χ3v) is 10.6. The van der Waals surface area contributed by atoms with Crippen LogP contribution in [0.15, 0.2) is 72.9 Å². The number of allylic oxidation sites excluding steroid dienone is 12. The fourth-order valence-corrected chi connectivity index (χ4v) is 6.84. The highest BCUT2D eigenvalue weighted by molar-refractivity contribution is 5.72. The molecule has 61 heavy (non-hydrogen) atoms. The van der Waals surface area contributed by atoms with Crippen molar-refractivity contribution in [2.45, 2.75) is 206 Å². The van der Waals surface area contributed by atoms with Gasteiger partial charge in [0.2, 0.25) is 0 Å². The Morgan fingerprint density at radius 3 is 1.46 bits per heavy atom. The second-order valence-corrected chi connectivity index (χ2v) is 17.4. The number of hydrogen-bond acceptors (Lipinski definition) is 6. The van der Waals surface area contributed by atoms with Crippen molar-refractivity contribution < 1.29 is 38.2 Å². The third kappa shape index (κ3) is 41.9. The van der Waals surface area contributed by atoms with Crippen LogP contribution in [-0.2, 0) is 28.6 Å². The lowest BCUT2D eigenvalue weighted by molar-refractivity contribution is -0.887. The summed E-state index contributed by atoms with van der Waals surface area (Å²) in [5.41, 5.74) is 0. The van der Waals surface area contributed by atoms with Crippen LogP contribution < -0.4 is 0 Å². The third-order valence-electron chi connectivity index (χ3n) is 10.6. The van der Waals surface area contributed by atoms with Gasteiger partial charge in [-0.15, -0.1) is 0 Å². The summed E-state index contributed by atoms with van der Waals surface area (Å²) in [5.74, 6) is -1.51.